The van der Waals surface area contributed by atoms with E-state index in [0.717, 1.165) is 15.2 Å². The van der Waals surface area contributed by atoms with Crippen LogP contribution in [0.1, 0.15) is 10.4 Å². The first-order valence-corrected chi connectivity index (χ1v) is 4.43. The Labute approximate surface area is 81.0 Å². The highest BCUT2D eigenvalue weighted by Gasteiger charge is 2.02. The third-order valence-corrected chi connectivity index (χ3v) is 3.10. The summed E-state index contributed by atoms with van der Waals surface area (Å²) in [4.78, 5) is 10.4. The Bertz CT molecular complexity index is 299. The molecule has 0 radical (unpaired) electrons. The molecule has 2 nitrogen and oxygen atoms in total. The second-order valence-electron chi connectivity index (χ2n) is 2.01. The van der Waals surface area contributed by atoms with Crippen molar-refractivity contribution in [3.05, 3.63) is 26.6 Å². The minimum Gasteiger partial charge on any atom is -0.398 e. The van der Waals surface area contributed by atoms with Gasteiger partial charge >= 0.3 is 0 Å². The molecule has 0 bridgehead atoms. The van der Waals surface area contributed by atoms with Gasteiger partial charge in [-0.25, -0.2) is 0 Å². The topological polar surface area (TPSA) is 43.1 Å². The summed E-state index contributed by atoms with van der Waals surface area (Å²) >= 11 is 6.53. The molecule has 58 valence electrons. The van der Waals surface area contributed by atoms with Crippen LogP contribution in [0.15, 0.2) is 21.1 Å². The zero-order valence-corrected chi connectivity index (χ0v) is 8.65. The van der Waals surface area contributed by atoms with Gasteiger partial charge in [-0.3, -0.25) is 4.79 Å². The molecular weight excluding hydrogens is 274 g/mol. The van der Waals surface area contributed by atoms with Crippen LogP contribution in [-0.4, -0.2) is 6.29 Å². The molecule has 0 atom stereocenters. The van der Waals surface area contributed by atoms with Crippen molar-refractivity contribution in [3.63, 3.8) is 0 Å². The van der Waals surface area contributed by atoms with Gasteiger partial charge < -0.3 is 5.73 Å². The zero-order chi connectivity index (χ0) is 8.43. The summed E-state index contributed by atoms with van der Waals surface area (Å²) in [5.74, 6) is 0. The van der Waals surface area contributed by atoms with Crippen LogP contribution < -0.4 is 5.73 Å². The molecule has 0 aromatic heterocycles. The first-order chi connectivity index (χ1) is 5.15. The quantitative estimate of drug-likeness (QED) is 0.634. The number of nitrogens with two attached hydrogens (primary N) is 1. The smallest absolute Gasteiger partial charge is 0.152 e. The molecule has 0 unspecified atom stereocenters. The van der Waals surface area contributed by atoms with E-state index in [9.17, 15) is 4.79 Å². The van der Waals surface area contributed by atoms with Gasteiger partial charge in [-0.15, -0.1) is 0 Å². The number of nitrogen functional groups attached to an aromatic ring is 1. The molecule has 0 saturated carbocycles. The van der Waals surface area contributed by atoms with Gasteiger partial charge in [0.25, 0.3) is 0 Å². The number of hydrogen-bond donors (Lipinski definition) is 1. The highest BCUT2D eigenvalue weighted by atomic mass is 79.9. The maximum atomic E-state index is 10.4. The lowest BCUT2D eigenvalue weighted by molar-refractivity contribution is 0.112. The Kier molecular flexibility index (Phi) is 2.67. The number of hydrogen-bond acceptors (Lipinski definition) is 2. The van der Waals surface area contributed by atoms with Crippen LogP contribution in [0.2, 0.25) is 0 Å². The number of aldehydes is 1. The highest BCUT2D eigenvalue weighted by molar-refractivity contribution is 9.13. The second-order valence-corrected chi connectivity index (χ2v) is 3.72. The van der Waals surface area contributed by atoms with Gasteiger partial charge in [0.15, 0.2) is 6.29 Å². The van der Waals surface area contributed by atoms with Gasteiger partial charge in [-0.1, -0.05) is 0 Å². The molecule has 0 aliphatic heterocycles. The normalized spacial score (nSPS) is 9.64. The van der Waals surface area contributed by atoms with Crippen LogP contribution in [0, 0.1) is 0 Å². The van der Waals surface area contributed by atoms with Crippen molar-refractivity contribution >= 4 is 43.8 Å². The molecule has 0 heterocycles. The van der Waals surface area contributed by atoms with Crippen LogP contribution >= 0.6 is 31.9 Å². The van der Waals surface area contributed by atoms with E-state index in [1.165, 1.54) is 0 Å². The van der Waals surface area contributed by atoms with Crippen molar-refractivity contribution in [3.8, 4) is 0 Å². The number of anilines is 1. The Hall–Kier alpha value is -0.350. The average molecular weight is 279 g/mol. The van der Waals surface area contributed by atoms with E-state index < -0.39 is 0 Å². The molecular formula is C7H5Br2NO. The molecule has 1 aromatic rings. The molecule has 0 saturated heterocycles. The summed E-state index contributed by atoms with van der Waals surface area (Å²) in [5, 5.41) is 0. The molecule has 1 rings (SSSR count). The summed E-state index contributed by atoms with van der Waals surface area (Å²) in [7, 11) is 0. The lowest BCUT2D eigenvalue weighted by atomic mass is 10.2. The number of halogens is 2. The third-order valence-electron chi connectivity index (χ3n) is 1.25. The first-order valence-electron chi connectivity index (χ1n) is 2.85. The fraction of sp³-hybridized carbons (Fsp3) is 0. The van der Waals surface area contributed by atoms with Gasteiger partial charge in [0.2, 0.25) is 0 Å². The van der Waals surface area contributed by atoms with Gasteiger partial charge in [-0.2, -0.15) is 0 Å². The van der Waals surface area contributed by atoms with Crippen molar-refractivity contribution < 1.29 is 4.79 Å². The Morgan fingerprint density at radius 2 is 1.82 bits per heavy atom. The summed E-state index contributed by atoms with van der Waals surface area (Å²) in [5.41, 5.74) is 6.50. The summed E-state index contributed by atoms with van der Waals surface area (Å²) < 4.78 is 1.68. The first kappa shape index (κ1) is 8.74. The standard InChI is InChI=1S/C7H5Br2NO/c8-5-1-4(3-11)7(10)2-6(5)9/h1-3H,10H2. The summed E-state index contributed by atoms with van der Waals surface area (Å²) in [6.07, 6.45) is 0.729. The van der Waals surface area contributed by atoms with Crippen LogP contribution in [0.25, 0.3) is 0 Å². The van der Waals surface area contributed by atoms with E-state index in [2.05, 4.69) is 31.9 Å². The SMILES string of the molecule is Nc1cc(Br)c(Br)cc1C=O. The molecule has 1 aromatic carbocycles. The predicted molar refractivity (Wildman–Crippen MR) is 51.6 cm³/mol. The van der Waals surface area contributed by atoms with Gasteiger partial charge in [-0.05, 0) is 44.0 Å². The molecule has 11 heavy (non-hydrogen) atoms. The molecule has 0 aliphatic carbocycles. The third kappa shape index (κ3) is 1.81. The van der Waals surface area contributed by atoms with E-state index >= 15 is 0 Å². The number of carbonyl (C=O) groups excluding carboxylic acids is 1. The fourth-order valence-corrected chi connectivity index (χ4v) is 1.40. The second kappa shape index (κ2) is 3.36. The maximum Gasteiger partial charge on any atom is 0.152 e. The van der Waals surface area contributed by atoms with Crippen LogP contribution in [-0.2, 0) is 0 Å². The van der Waals surface area contributed by atoms with E-state index in [0.29, 0.717) is 11.3 Å². The largest absolute Gasteiger partial charge is 0.398 e. The predicted octanol–water partition coefficient (Wildman–Crippen LogP) is 2.61. The number of benzene rings is 1. The maximum absolute atomic E-state index is 10.4. The van der Waals surface area contributed by atoms with E-state index in [-0.39, 0.29) is 0 Å². The minimum atomic E-state index is 0.482. The van der Waals surface area contributed by atoms with Crippen molar-refractivity contribution in [2.24, 2.45) is 0 Å². The fourth-order valence-electron chi connectivity index (χ4n) is 0.680. The van der Waals surface area contributed by atoms with Crippen LogP contribution in [0.3, 0.4) is 0 Å². The average Bonchev–Trinajstić information content (AvgIpc) is 1.97. The zero-order valence-electron chi connectivity index (χ0n) is 5.47. The number of rotatable bonds is 1. The highest BCUT2D eigenvalue weighted by Crippen LogP contribution is 2.27. The summed E-state index contributed by atoms with van der Waals surface area (Å²) in [6, 6.07) is 3.36. The van der Waals surface area contributed by atoms with Gasteiger partial charge in [0, 0.05) is 20.2 Å². The van der Waals surface area contributed by atoms with E-state index in [1.54, 1.807) is 12.1 Å². The number of carbonyl (C=O) groups is 1. The molecule has 0 spiro atoms. The van der Waals surface area contributed by atoms with Crippen molar-refractivity contribution in [2.75, 3.05) is 5.73 Å². The molecule has 0 aliphatic rings. The lowest BCUT2D eigenvalue weighted by Crippen LogP contribution is -1.92. The monoisotopic (exact) mass is 277 g/mol. The van der Waals surface area contributed by atoms with Gasteiger partial charge in [0.1, 0.15) is 0 Å². The molecule has 4 heteroatoms. The summed E-state index contributed by atoms with van der Waals surface area (Å²) in [6.45, 7) is 0. The van der Waals surface area contributed by atoms with Crippen LogP contribution in [0.5, 0.6) is 0 Å². The molecule has 0 fully saturated rings. The van der Waals surface area contributed by atoms with E-state index in [4.69, 9.17) is 5.73 Å². The molecule has 2 N–H and O–H groups in total. The Morgan fingerprint density at radius 1 is 1.27 bits per heavy atom. The lowest BCUT2D eigenvalue weighted by Gasteiger charge is -2.00. The van der Waals surface area contributed by atoms with Crippen LogP contribution in [0.4, 0.5) is 5.69 Å². The van der Waals surface area contributed by atoms with Crippen molar-refractivity contribution in [2.45, 2.75) is 0 Å². The van der Waals surface area contributed by atoms with Crippen molar-refractivity contribution in [1.29, 1.82) is 0 Å². The Morgan fingerprint density at radius 3 is 2.36 bits per heavy atom. The Balaban J connectivity index is 3.31. The van der Waals surface area contributed by atoms with Gasteiger partial charge in [0.05, 0.1) is 0 Å². The van der Waals surface area contributed by atoms with Crippen molar-refractivity contribution in [1.82, 2.24) is 0 Å². The van der Waals surface area contributed by atoms with E-state index in [1.807, 2.05) is 0 Å². The molecule has 0 amide bonds. The minimum absolute atomic E-state index is 0.482.